The van der Waals surface area contributed by atoms with Gasteiger partial charge in [0.05, 0.1) is 39.8 Å². The molecule has 0 aliphatic rings. The molecule has 1 aromatic heterocycles. The van der Waals surface area contributed by atoms with Gasteiger partial charge in [-0.25, -0.2) is 4.84 Å². The molecule has 0 saturated carbocycles. The van der Waals surface area contributed by atoms with Gasteiger partial charge in [-0.1, -0.05) is 12.5 Å². The van der Waals surface area contributed by atoms with E-state index in [-0.39, 0.29) is 5.91 Å². The van der Waals surface area contributed by atoms with Crippen LogP contribution in [0.4, 0.5) is 5.69 Å². The van der Waals surface area contributed by atoms with Crippen molar-refractivity contribution in [2.45, 2.75) is 25.3 Å². The number of ether oxygens (including phenoxy) is 4. The van der Waals surface area contributed by atoms with Crippen molar-refractivity contribution in [2.24, 2.45) is 5.73 Å². The van der Waals surface area contributed by atoms with E-state index in [1.807, 2.05) is 29.6 Å². The number of hydrogen-bond acceptors (Lipinski definition) is 9. The molecular formula is C25H31ClN4O5S. The predicted molar refractivity (Wildman–Crippen MR) is 144 cm³/mol. The molecule has 1 atom stereocenters. The number of methoxy groups -OCH3 is 4. The summed E-state index contributed by atoms with van der Waals surface area (Å²) in [5.74, 6) is 1.83. The summed E-state index contributed by atoms with van der Waals surface area (Å²) in [6.07, 6.45) is 2.16. The largest absolute Gasteiger partial charge is 0.495 e. The fraction of sp³-hybridized carbons (Fsp3) is 0.360. The predicted octanol–water partition coefficient (Wildman–Crippen LogP) is 4.69. The van der Waals surface area contributed by atoms with Crippen molar-refractivity contribution in [1.82, 2.24) is 9.21 Å². The number of aromatic nitrogens is 1. The van der Waals surface area contributed by atoms with E-state index >= 15 is 0 Å². The molecule has 0 unspecified atom stereocenters. The molecule has 194 valence electrons. The highest BCUT2D eigenvalue weighted by molar-refractivity contribution is 7.04. The van der Waals surface area contributed by atoms with E-state index in [0.29, 0.717) is 41.7 Å². The number of amides is 1. The summed E-state index contributed by atoms with van der Waals surface area (Å²) in [5, 5.41) is 4.88. The topological polar surface area (TPSA) is 117 Å². The van der Waals surface area contributed by atoms with Crippen LogP contribution in [0.15, 0.2) is 35.7 Å². The molecule has 0 radical (unpaired) electrons. The lowest BCUT2D eigenvalue weighted by molar-refractivity contribution is -0.117. The van der Waals surface area contributed by atoms with E-state index in [9.17, 15) is 4.79 Å². The second kappa shape index (κ2) is 13.3. The standard InChI is InChI=1S/C25H31ClN4O5S/c1-32-20-9-8-15(11-19(20)28-25(31)18(29-26)7-5-6-10-27)17-14-36-30-23(17)16-12-21(33-2)24(35-4)22(13-16)34-3/h8-9,11-14,18,29H,5-7,10,27H2,1-4H3,(H,28,31)/t18-/m0/s1. The molecule has 3 rings (SSSR count). The molecule has 0 bridgehead atoms. The van der Waals surface area contributed by atoms with Crippen LogP contribution in [0.2, 0.25) is 0 Å². The SMILES string of the molecule is COc1ccc(-c2csnc2-c2cc(OC)c(OC)c(OC)c2)cc1NC(=O)[C@H](CCCCN)NCl. The van der Waals surface area contributed by atoms with Gasteiger partial charge in [0.1, 0.15) is 11.8 Å². The van der Waals surface area contributed by atoms with Gasteiger partial charge in [-0.15, -0.1) is 0 Å². The van der Waals surface area contributed by atoms with Crippen molar-refractivity contribution >= 4 is 34.9 Å². The zero-order valence-electron chi connectivity index (χ0n) is 20.7. The number of carbonyl (C=O) groups excluding carboxylic acids is 1. The Labute approximate surface area is 220 Å². The van der Waals surface area contributed by atoms with Crippen LogP contribution in [0.1, 0.15) is 19.3 Å². The summed E-state index contributed by atoms with van der Waals surface area (Å²) < 4.78 is 26.6. The van der Waals surface area contributed by atoms with E-state index < -0.39 is 6.04 Å². The van der Waals surface area contributed by atoms with Crippen molar-refractivity contribution in [3.05, 3.63) is 35.7 Å². The van der Waals surface area contributed by atoms with Gasteiger partial charge in [0.25, 0.3) is 0 Å². The van der Waals surface area contributed by atoms with Crippen molar-refractivity contribution in [2.75, 3.05) is 40.3 Å². The first-order valence-corrected chi connectivity index (χ1v) is 12.5. The molecule has 0 fully saturated rings. The van der Waals surface area contributed by atoms with Crippen molar-refractivity contribution in [1.29, 1.82) is 0 Å². The van der Waals surface area contributed by atoms with Gasteiger partial charge in [0.2, 0.25) is 11.7 Å². The number of nitrogens with zero attached hydrogens (tertiary/aromatic N) is 1. The lowest BCUT2D eigenvalue weighted by atomic mass is 10.0. The number of carbonyl (C=O) groups is 1. The van der Waals surface area contributed by atoms with Gasteiger partial charge in [0, 0.05) is 16.5 Å². The molecule has 36 heavy (non-hydrogen) atoms. The molecule has 0 saturated heterocycles. The summed E-state index contributed by atoms with van der Waals surface area (Å²) in [7, 11) is 6.25. The van der Waals surface area contributed by atoms with Crippen LogP contribution in [-0.4, -0.2) is 51.3 Å². The average Bonchev–Trinajstić information content (AvgIpc) is 3.40. The lowest BCUT2D eigenvalue weighted by Crippen LogP contribution is -2.36. The minimum Gasteiger partial charge on any atom is -0.495 e. The van der Waals surface area contributed by atoms with Gasteiger partial charge in [-0.3, -0.25) is 4.79 Å². The maximum atomic E-state index is 12.9. The number of halogens is 1. The Morgan fingerprint density at radius 3 is 2.28 bits per heavy atom. The van der Waals surface area contributed by atoms with E-state index in [1.54, 1.807) is 34.5 Å². The average molecular weight is 535 g/mol. The Morgan fingerprint density at radius 1 is 1.00 bits per heavy atom. The molecule has 0 aliphatic heterocycles. The molecule has 0 aliphatic carbocycles. The molecule has 2 aromatic carbocycles. The van der Waals surface area contributed by atoms with Crippen LogP contribution < -0.4 is 34.8 Å². The number of benzene rings is 2. The number of unbranched alkanes of at least 4 members (excludes halogenated alkanes) is 1. The number of rotatable bonds is 13. The van der Waals surface area contributed by atoms with Crippen molar-refractivity contribution in [3.63, 3.8) is 0 Å². The number of hydrogen-bond donors (Lipinski definition) is 3. The first-order valence-electron chi connectivity index (χ1n) is 11.3. The summed E-state index contributed by atoms with van der Waals surface area (Å²) in [6.45, 7) is 0.565. The van der Waals surface area contributed by atoms with Gasteiger partial charge in [0.15, 0.2) is 11.5 Å². The highest BCUT2D eigenvalue weighted by Gasteiger charge is 2.21. The fourth-order valence-electron chi connectivity index (χ4n) is 3.79. The summed E-state index contributed by atoms with van der Waals surface area (Å²) in [4.78, 5) is 15.5. The minimum absolute atomic E-state index is 0.259. The Morgan fingerprint density at radius 2 is 1.69 bits per heavy atom. The summed E-state index contributed by atoms with van der Waals surface area (Å²) in [6, 6.07) is 8.71. The third-order valence-corrected chi connectivity index (χ3v) is 6.56. The highest BCUT2D eigenvalue weighted by Crippen LogP contribution is 2.44. The van der Waals surface area contributed by atoms with Crippen LogP contribution >= 0.6 is 23.3 Å². The Hall–Kier alpha value is -3.05. The lowest BCUT2D eigenvalue weighted by Gasteiger charge is -2.17. The van der Waals surface area contributed by atoms with Gasteiger partial charge in [-0.2, -0.15) is 4.37 Å². The number of nitrogens with two attached hydrogens (primary N) is 1. The van der Waals surface area contributed by atoms with Gasteiger partial charge >= 0.3 is 0 Å². The van der Waals surface area contributed by atoms with Gasteiger partial charge in [-0.05, 0) is 72.5 Å². The Balaban J connectivity index is 1.97. The van der Waals surface area contributed by atoms with Crippen molar-refractivity contribution < 1.29 is 23.7 Å². The molecule has 1 amide bonds. The van der Waals surface area contributed by atoms with Crippen LogP contribution in [0.5, 0.6) is 23.0 Å². The maximum Gasteiger partial charge on any atom is 0.242 e. The third kappa shape index (κ3) is 6.19. The first-order chi connectivity index (χ1) is 17.5. The van der Waals surface area contributed by atoms with E-state index in [4.69, 9.17) is 36.5 Å². The molecule has 9 nitrogen and oxygen atoms in total. The third-order valence-electron chi connectivity index (χ3n) is 5.67. The minimum atomic E-state index is -0.566. The number of anilines is 1. The quantitative estimate of drug-likeness (QED) is 0.213. The van der Waals surface area contributed by atoms with Crippen molar-refractivity contribution in [3.8, 4) is 45.4 Å². The summed E-state index contributed by atoms with van der Waals surface area (Å²) >= 11 is 7.17. The van der Waals surface area contributed by atoms with Crippen LogP contribution in [0.25, 0.3) is 22.4 Å². The number of nitrogens with one attached hydrogen (secondary N) is 2. The van der Waals surface area contributed by atoms with Crippen LogP contribution in [0.3, 0.4) is 0 Å². The Bertz CT molecular complexity index is 1150. The monoisotopic (exact) mass is 534 g/mol. The summed E-state index contributed by atoms with van der Waals surface area (Å²) in [5.41, 5.74) is 9.35. The molecular weight excluding hydrogens is 504 g/mol. The molecule has 4 N–H and O–H groups in total. The van der Waals surface area contributed by atoms with Crippen LogP contribution in [-0.2, 0) is 4.79 Å². The molecule has 3 aromatic rings. The normalized spacial score (nSPS) is 11.6. The zero-order chi connectivity index (χ0) is 26.1. The maximum absolute atomic E-state index is 12.9. The second-order valence-electron chi connectivity index (χ2n) is 7.84. The van der Waals surface area contributed by atoms with Gasteiger partial charge < -0.3 is 30.0 Å². The smallest absolute Gasteiger partial charge is 0.242 e. The van der Waals surface area contributed by atoms with E-state index in [0.717, 1.165) is 35.2 Å². The first kappa shape index (κ1) is 27.5. The fourth-order valence-corrected chi connectivity index (χ4v) is 4.71. The zero-order valence-corrected chi connectivity index (χ0v) is 22.3. The second-order valence-corrected chi connectivity index (χ2v) is 8.69. The Kier molecular flexibility index (Phi) is 10.2. The van der Waals surface area contributed by atoms with E-state index in [2.05, 4.69) is 14.5 Å². The molecule has 11 heteroatoms. The highest BCUT2D eigenvalue weighted by atomic mass is 35.5. The molecule has 0 spiro atoms. The van der Waals surface area contributed by atoms with Crippen LogP contribution in [0, 0.1) is 0 Å². The van der Waals surface area contributed by atoms with E-state index in [1.165, 1.54) is 11.5 Å². The molecule has 1 heterocycles.